The number of rotatable bonds is 1. The largest absolute Gasteiger partial charge is 0.376 e. The fourth-order valence-corrected chi connectivity index (χ4v) is 2.38. The van der Waals surface area contributed by atoms with E-state index in [-0.39, 0.29) is 0 Å². The fourth-order valence-electron chi connectivity index (χ4n) is 2.38. The Kier molecular flexibility index (Phi) is 2.65. The smallest absolute Gasteiger partial charge is 0.0725 e. The summed E-state index contributed by atoms with van der Waals surface area (Å²) in [5.74, 6) is 0. The number of benzene rings is 1. The number of nitrogens with zero attached hydrogens (tertiary/aromatic N) is 1. The highest BCUT2D eigenvalue weighted by atomic mass is 16.5. The van der Waals surface area contributed by atoms with Crippen LogP contribution in [0.2, 0.25) is 0 Å². The van der Waals surface area contributed by atoms with Gasteiger partial charge in [-0.2, -0.15) is 0 Å². The summed E-state index contributed by atoms with van der Waals surface area (Å²) in [5.41, 5.74) is 6.33. The molecule has 1 aromatic heterocycles. The molecule has 0 radical (unpaired) electrons. The Balaban J connectivity index is 2.14. The summed E-state index contributed by atoms with van der Waals surface area (Å²) >= 11 is 0. The maximum Gasteiger partial charge on any atom is 0.0725 e. The van der Waals surface area contributed by atoms with E-state index in [0.717, 1.165) is 25.3 Å². The molecule has 0 saturated carbocycles. The van der Waals surface area contributed by atoms with Crippen molar-refractivity contribution in [3.63, 3.8) is 0 Å². The van der Waals surface area contributed by atoms with Crippen LogP contribution in [0.1, 0.15) is 16.8 Å². The van der Waals surface area contributed by atoms with Gasteiger partial charge in [0.15, 0.2) is 0 Å². The minimum absolute atomic E-state index is 0.729. The fraction of sp³-hybridized carbons (Fsp3) is 0.267. The molecule has 3 rings (SSSR count). The maximum atomic E-state index is 5.57. The lowest BCUT2D eigenvalue weighted by Crippen LogP contribution is -2.10. The van der Waals surface area contributed by atoms with Gasteiger partial charge in [0.25, 0.3) is 0 Å². The van der Waals surface area contributed by atoms with Gasteiger partial charge in [-0.3, -0.25) is 4.98 Å². The molecule has 0 bridgehead atoms. The molecule has 0 N–H and O–H groups in total. The average molecular weight is 225 g/mol. The van der Waals surface area contributed by atoms with Crippen molar-refractivity contribution in [1.29, 1.82) is 0 Å². The van der Waals surface area contributed by atoms with Gasteiger partial charge in [-0.15, -0.1) is 0 Å². The van der Waals surface area contributed by atoms with Crippen molar-refractivity contribution < 1.29 is 4.74 Å². The van der Waals surface area contributed by atoms with Crippen LogP contribution in [0.4, 0.5) is 0 Å². The van der Waals surface area contributed by atoms with Gasteiger partial charge in [0.05, 0.1) is 13.2 Å². The molecule has 86 valence electrons. The Morgan fingerprint density at radius 3 is 3.06 bits per heavy atom. The quantitative estimate of drug-likeness (QED) is 0.744. The maximum absolute atomic E-state index is 5.57. The van der Waals surface area contributed by atoms with Crippen molar-refractivity contribution in [2.75, 3.05) is 6.61 Å². The van der Waals surface area contributed by atoms with Gasteiger partial charge >= 0.3 is 0 Å². The summed E-state index contributed by atoms with van der Waals surface area (Å²) in [4.78, 5) is 4.25. The van der Waals surface area contributed by atoms with E-state index < -0.39 is 0 Å². The van der Waals surface area contributed by atoms with Crippen LogP contribution < -0.4 is 0 Å². The molecule has 0 atom stereocenters. The van der Waals surface area contributed by atoms with E-state index in [2.05, 4.69) is 35.3 Å². The number of pyridine rings is 1. The van der Waals surface area contributed by atoms with Crippen LogP contribution in [0.25, 0.3) is 11.1 Å². The molecule has 2 aromatic rings. The lowest BCUT2D eigenvalue weighted by molar-refractivity contribution is 0.111. The zero-order valence-electron chi connectivity index (χ0n) is 9.94. The van der Waals surface area contributed by atoms with Gasteiger partial charge in [-0.1, -0.05) is 18.2 Å². The molecule has 1 aliphatic heterocycles. The van der Waals surface area contributed by atoms with Crippen LogP contribution in [0, 0.1) is 6.92 Å². The predicted octanol–water partition coefficient (Wildman–Crippen LogP) is 3.13. The summed E-state index contributed by atoms with van der Waals surface area (Å²) in [6.45, 7) is 3.59. The summed E-state index contributed by atoms with van der Waals surface area (Å²) in [6, 6.07) is 10.7. The molecule has 0 spiro atoms. The van der Waals surface area contributed by atoms with Crippen LogP contribution in [0.5, 0.6) is 0 Å². The molecular formula is C15H15NO. The van der Waals surface area contributed by atoms with Crippen molar-refractivity contribution in [2.45, 2.75) is 20.0 Å². The van der Waals surface area contributed by atoms with Gasteiger partial charge < -0.3 is 4.74 Å². The molecule has 2 heteroatoms. The van der Waals surface area contributed by atoms with Gasteiger partial charge in [-0.05, 0) is 47.7 Å². The molecule has 2 heterocycles. The zero-order valence-corrected chi connectivity index (χ0v) is 9.94. The third-order valence-electron chi connectivity index (χ3n) is 3.24. The van der Waals surface area contributed by atoms with Gasteiger partial charge in [0, 0.05) is 11.9 Å². The minimum atomic E-state index is 0.729. The lowest BCUT2D eigenvalue weighted by atomic mass is 9.93. The molecule has 2 nitrogen and oxygen atoms in total. The third kappa shape index (κ3) is 1.96. The summed E-state index contributed by atoms with van der Waals surface area (Å²) in [7, 11) is 0. The molecule has 1 aromatic carbocycles. The van der Waals surface area contributed by atoms with E-state index in [4.69, 9.17) is 4.74 Å². The van der Waals surface area contributed by atoms with E-state index >= 15 is 0 Å². The third-order valence-corrected chi connectivity index (χ3v) is 3.24. The van der Waals surface area contributed by atoms with Crippen molar-refractivity contribution in [1.82, 2.24) is 4.98 Å². The molecule has 17 heavy (non-hydrogen) atoms. The molecule has 0 unspecified atom stereocenters. The monoisotopic (exact) mass is 225 g/mol. The first-order chi connectivity index (χ1) is 8.34. The Labute approximate surface area is 101 Å². The van der Waals surface area contributed by atoms with E-state index in [9.17, 15) is 0 Å². The van der Waals surface area contributed by atoms with Crippen LogP contribution >= 0.6 is 0 Å². The molecule has 0 fully saturated rings. The number of hydrogen-bond acceptors (Lipinski definition) is 2. The average Bonchev–Trinajstić information content (AvgIpc) is 2.38. The van der Waals surface area contributed by atoms with Crippen molar-refractivity contribution in [3.05, 3.63) is 53.3 Å². The van der Waals surface area contributed by atoms with E-state index in [1.807, 2.05) is 13.1 Å². The Morgan fingerprint density at radius 1 is 1.24 bits per heavy atom. The molecule has 0 amide bonds. The van der Waals surface area contributed by atoms with E-state index in [0.29, 0.717) is 0 Å². The lowest BCUT2D eigenvalue weighted by Gasteiger charge is -2.20. The second-order valence-corrected chi connectivity index (χ2v) is 4.43. The first-order valence-electron chi connectivity index (χ1n) is 5.96. The van der Waals surface area contributed by atoms with Crippen LogP contribution in [0.15, 0.2) is 36.5 Å². The Hall–Kier alpha value is -1.67. The minimum Gasteiger partial charge on any atom is -0.376 e. The highest BCUT2D eigenvalue weighted by Crippen LogP contribution is 2.29. The summed E-state index contributed by atoms with van der Waals surface area (Å²) in [6.07, 6.45) is 2.89. The second-order valence-electron chi connectivity index (χ2n) is 4.43. The SMILES string of the molecule is Cc1cc(-c2cccc3c2COCC3)ccn1. The topological polar surface area (TPSA) is 22.1 Å². The normalized spacial score (nSPS) is 14.4. The molecule has 0 aliphatic carbocycles. The molecular weight excluding hydrogens is 210 g/mol. The second kappa shape index (κ2) is 4.30. The number of fused-ring (bicyclic) bond motifs is 1. The number of ether oxygens (including phenoxy) is 1. The van der Waals surface area contributed by atoms with Crippen LogP contribution in [0.3, 0.4) is 0 Å². The highest BCUT2D eigenvalue weighted by molar-refractivity contribution is 5.69. The van der Waals surface area contributed by atoms with Crippen LogP contribution in [-0.2, 0) is 17.8 Å². The first kappa shape index (κ1) is 10.5. The van der Waals surface area contributed by atoms with Gasteiger partial charge in [0.1, 0.15) is 0 Å². The Morgan fingerprint density at radius 2 is 2.18 bits per heavy atom. The zero-order chi connectivity index (χ0) is 11.7. The van der Waals surface area contributed by atoms with Crippen molar-refractivity contribution in [2.24, 2.45) is 0 Å². The van der Waals surface area contributed by atoms with E-state index in [1.54, 1.807) is 0 Å². The standard InChI is InChI=1S/C15H15NO/c1-11-9-13(5-7-16-11)14-4-2-3-12-6-8-17-10-15(12)14/h2-5,7,9H,6,8,10H2,1H3. The van der Waals surface area contributed by atoms with Crippen LogP contribution in [-0.4, -0.2) is 11.6 Å². The number of hydrogen-bond donors (Lipinski definition) is 0. The highest BCUT2D eigenvalue weighted by Gasteiger charge is 2.14. The Bertz CT molecular complexity index is 548. The van der Waals surface area contributed by atoms with Gasteiger partial charge in [-0.25, -0.2) is 0 Å². The number of aromatic nitrogens is 1. The van der Waals surface area contributed by atoms with Crippen molar-refractivity contribution in [3.8, 4) is 11.1 Å². The molecule has 0 saturated heterocycles. The first-order valence-corrected chi connectivity index (χ1v) is 5.96. The van der Waals surface area contributed by atoms with Crippen molar-refractivity contribution >= 4 is 0 Å². The molecule has 1 aliphatic rings. The summed E-state index contributed by atoms with van der Waals surface area (Å²) < 4.78 is 5.57. The summed E-state index contributed by atoms with van der Waals surface area (Å²) in [5, 5.41) is 0. The van der Waals surface area contributed by atoms with E-state index in [1.165, 1.54) is 22.3 Å². The number of aryl methyl sites for hydroxylation is 1. The van der Waals surface area contributed by atoms with Gasteiger partial charge in [0.2, 0.25) is 0 Å². The predicted molar refractivity (Wildman–Crippen MR) is 67.8 cm³/mol.